The molecule has 6 nitrogen and oxygen atoms in total. The molecule has 194 valence electrons. The average Bonchev–Trinajstić information content (AvgIpc) is 2.87. The second kappa shape index (κ2) is 11.9. The van der Waals surface area contributed by atoms with E-state index in [1.54, 1.807) is 72.8 Å². The van der Waals surface area contributed by atoms with Gasteiger partial charge in [-0.3, -0.25) is 4.79 Å². The van der Waals surface area contributed by atoms with Crippen molar-refractivity contribution in [3.8, 4) is 17.0 Å². The molecule has 0 atom stereocenters. The molecule has 0 aliphatic heterocycles. The SMILES string of the molecule is CC.O=C(NCc1ccccc1)c1c(OS(=O)(=O)CC(F)(F)F)c(-c2ccccc2)nc2ccccc12. The van der Waals surface area contributed by atoms with Gasteiger partial charge in [-0.15, -0.1) is 0 Å². The number of carbonyl (C=O) groups is 1. The predicted molar refractivity (Wildman–Crippen MR) is 137 cm³/mol. The lowest BCUT2D eigenvalue weighted by Gasteiger charge is -2.18. The van der Waals surface area contributed by atoms with Gasteiger partial charge >= 0.3 is 16.3 Å². The molecular weight excluding hydrogens is 505 g/mol. The topological polar surface area (TPSA) is 85.4 Å². The van der Waals surface area contributed by atoms with Crippen molar-refractivity contribution in [2.75, 3.05) is 5.75 Å². The summed E-state index contributed by atoms with van der Waals surface area (Å²) >= 11 is 0. The van der Waals surface area contributed by atoms with Gasteiger partial charge in [0.1, 0.15) is 5.69 Å². The molecule has 4 rings (SSSR count). The Kier molecular flexibility index (Phi) is 8.88. The lowest BCUT2D eigenvalue weighted by Crippen LogP contribution is -2.29. The van der Waals surface area contributed by atoms with E-state index in [2.05, 4.69) is 10.3 Å². The number of benzene rings is 3. The smallest absolute Gasteiger partial charge is 0.379 e. The number of para-hydroxylation sites is 1. The highest BCUT2D eigenvalue weighted by Gasteiger charge is 2.38. The first-order valence-electron chi connectivity index (χ1n) is 11.4. The summed E-state index contributed by atoms with van der Waals surface area (Å²) in [7, 11) is -5.16. The fraction of sp³-hybridized carbons (Fsp3) is 0.185. The van der Waals surface area contributed by atoms with Gasteiger partial charge in [0.15, 0.2) is 11.5 Å². The molecule has 1 heterocycles. The summed E-state index contributed by atoms with van der Waals surface area (Å²) in [6, 6.07) is 23.6. The largest absolute Gasteiger partial charge is 0.406 e. The van der Waals surface area contributed by atoms with Gasteiger partial charge in [-0.05, 0) is 11.6 Å². The molecule has 1 amide bonds. The van der Waals surface area contributed by atoms with Crippen LogP contribution < -0.4 is 9.50 Å². The van der Waals surface area contributed by atoms with Crippen LogP contribution in [0.25, 0.3) is 22.2 Å². The van der Waals surface area contributed by atoms with Crippen LogP contribution in [0.5, 0.6) is 5.75 Å². The van der Waals surface area contributed by atoms with Gasteiger partial charge in [0.05, 0.1) is 11.1 Å². The van der Waals surface area contributed by atoms with E-state index >= 15 is 0 Å². The summed E-state index contributed by atoms with van der Waals surface area (Å²) < 4.78 is 68.6. The summed E-state index contributed by atoms with van der Waals surface area (Å²) in [6.07, 6.45) is -5.04. The van der Waals surface area contributed by atoms with Crippen molar-refractivity contribution in [3.63, 3.8) is 0 Å². The number of pyridine rings is 1. The van der Waals surface area contributed by atoms with E-state index in [4.69, 9.17) is 4.18 Å². The van der Waals surface area contributed by atoms with E-state index in [0.29, 0.717) is 11.1 Å². The third-order valence-electron chi connectivity index (χ3n) is 4.97. The van der Waals surface area contributed by atoms with Gasteiger partial charge < -0.3 is 9.50 Å². The number of nitrogens with one attached hydrogen (secondary N) is 1. The van der Waals surface area contributed by atoms with Crippen LogP contribution in [0.15, 0.2) is 84.9 Å². The molecule has 0 radical (unpaired) electrons. The molecule has 10 heteroatoms. The van der Waals surface area contributed by atoms with Gasteiger partial charge in [-0.1, -0.05) is 92.7 Å². The molecule has 0 saturated carbocycles. The Bertz CT molecular complexity index is 1460. The maximum atomic E-state index is 13.4. The van der Waals surface area contributed by atoms with Crippen LogP contribution in [0.3, 0.4) is 0 Å². The molecule has 1 N–H and O–H groups in total. The first-order chi connectivity index (χ1) is 17.6. The number of hydrogen-bond donors (Lipinski definition) is 1. The molecule has 3 aromatic carbocycles. The van der Waals surface area contributed by atoms with Crippen LogP contribution in [0, 0.1) is 0 Å². The molecule has 0 saturated heterocycles. The van der Waals surface area contributed by atoms with Gasteiger partial charge in [0.2, 0.25) is 0 Å². The zero-order chi connectivity index (χ0) is 27.1. The number of alkyl halides is 3. The zero-order valence-electron chi connectivity index (χ0n) is 20.1. The standard InChI is InChI=1S/C25H19F3N2O4S.C2H6/c26-25(27,28)16-35(32,33)34-23-21(24(31)29-15-17-9-3-1-4-10-17)19-13-7-8-14-20(19)30-22(23)18-11-5-2-6-12-18;1-2/h1-14H,15-16H2,(H,29,31);1-2H3. The van der Waals surface area contributed by atoms with Gasteiger partial charge in [0.25, 0.3) is 5.91 Å². The number of rotatable bonds is 7. The number of carbonyl (C=O) groups excluding carboxylic acids is 1. The Balaban J connectivity index is 0.00000186. The zero-order valence-corrected chi connectivity index (χ0v) is 20.9. The fourth-order valence-electron chi connectivity index (χ4n) is 3.52. The molecular formula is C27H25F3N2O4S. The summed E-state index contributed by atoms with van der Waals surface area (Å²) in [5.74, 6) is -3.50. The first-order valence-corrected chi connectivity index (χ1v) is 13.0. The Hall–Kier alpha value is -3.92. The van der Waals surface area contributed by atoms with Crippen LogP contribution in [0.1, 0.15) is 29.8 Å². The third kappa shape index (κ3) is 7.29. The Labute approximate surface area is 213 Å². The van der Waals surface area contributed by atoms with Crippen molar-refractivity contribution in [2.45, 2.75) is 26.6 Å². The van der Waals surface area contributed by atoms with E-state index in [-0.39, 0.29) is 23.2 Å². The molecule has 0 aliphatic rings. The molecule has 4 aromatic rings. The number of hydrogen-bond acceptors (Lipinski definition) is 5. The molecule has 0 spiro atoms. The predicted octanol–water partition coefficient (Wildman–Crippen LogP) is 6.13. The number of nitrogens with zero attached hydrogens (tertiary/aromatic N) is 1. The van der Waals surface area contributed by atoms with Crippen molar-refractivity contribution in [3.05, 3.63) is 96.1 Å². The summed E-state index contributed by atoms with van der Waals surface area (Å²) in [6.45, 7) is 4.10. The maximum absolute atomic E-state index is 13.4. The Morgan fingerprint density at radius 3 is 2.08 bits per heavy atom. The summed E-state index contributed by atoms with van der Waals surface area (Å²) in [5, 5.41) is 2.93. The van der Waals surface area contributed by atoms with Crippen LogP contribution in [0.4, 0.5) is 13.2 Å². The Morgan fingerprint density at radius 2 is 1.46 bits per heavy atom. The highest BCUT2D eigenvalue weighted by molar-refractivity contribution is 7.87. The minimum atomic E-state index is -5.16. The second-order valence-electron chi connectivity index (χ2n) is 7.62. The molecule has 37 heavy (non-hydrogen) atoms. The number of halogens is 3. The van der Waals surface area contributed by atoms with E-state index in [9.17, 15) is 26.4 Å². The van der Waals surface area contributed by atoms with Crippen molar-refractivity contribution >= 4 is 26.9 Å². The highest BCUT2D eigenvalue weighted by Crippen LogP contribution is 2.38. The molecule has 0 unspecified atom stereocenters. The van der Waals surface area contributed by atoms with Crippen LogP contribution >= 0.6 is 0 Å². The van der Waals surface area contributed by atoms with E-state index in [0.717, 1.165) is 5.56 Å². The molecule has 0 bridgehead atoms. The average molecular weight is 531 g/mol. The highest BCUT2D eigenvalue weighted by atomic mass is 32.2. The Morgan fingerprint density at radius 1 is 0.892 bits per heavy atom. The summed E-state index contributed by atoms with van der Waals surface area (Å²) in [4.78, 5) is 17.8. The number of fused-ring (bicyclic) bond motifs is 1. The third-order valence-corrected chi connectivity index (χ3v) is 6.07. The lowest BCUT2D eigenvalue weighted by molar-refractivity contribution is -0.107. The number of amides is 1. The van der Waals surface area contributed by atoms with Crippen molar-refractivity contribution in [2.24, 2.45) is 0 Å². The number of aromatic nitrogens is 1. The van der Waals surface area contributed by atoms with Gasteiger partial charge in [-0.25, -0.2) is 4.98 Å². The monoisotopic (exact) mass is 530 g/mol. The van der Waals surface area contributed by atoms with Crippen molar-refractivity contribution in [1.29, 1.82) is 0 Å². The van der Waals surface area contributed by atoms with E-state index < -0.39 is 33.7 Å². The molecule has 0 aliphatic carbocycles. The normalized spacial score (nSPS) is 11.4. The fourth-order valence-corrected chi connectivity index (χ4v) is 4.39. The summed E-state index contributed by atoms with van der Waals surface area (Å²) in [5.41, 5.74) is 1.19. The first kappa shape index (κ1) is 27.7. The van der Waals surface area contributed by atoms with Crippen LogP contribution in [-0.2, 0) is 16.7 Å². The van der Waals surface area contributed by atoms with Crippen molar-refractivity contribution in [1.82, 2.24) is 10.3 Å². The molecule has 1 aromatic heterocycles. The second-order valence-corrected chi connectivity index (χ2v) is 9.19. The van der Waals surface area contributed by atoms with Gasteiger partial charge in [0, 0.05) is 17.5 Å². The lowest BCUT2D eigenvalue weighted by atomic mass is 10.0. The maximum Gasteiger partial charge on any atom is 0.406 e. The molecule has 0 fully saturated rings. The quantitative estimate of drug-likeness (QED) is 0.291. The minimum Gasteiger partial charge on any atom is -0.379 e. The minimum absolute atomic E-state index is 0.0695. The van der Waals surface area contributed by atoms with Crippen molar-refractivity contribution < 1.29 is 30.6 Å². The van der Waals surface area contributed by atoms with Gasteiger partial charge in [-0.2, -0.15) is 21.6 Å². The van der Waals surface area contributed by atoms with E-state index in [1.807, 2.05) is 19.9 Å². The van der Waals surface area contributed by atoms with Crippen LogP contribution in [0.2, 0.25) is 0 Å². The van der Waals surface area contributed by atoms with E-state index in [1.165, 1.54) is 6.07 Å². The van der Waals surface area contributed by atoms with Crippen LogP contribution in [-0.4, -0.2) is 31.2 Å².